The molecule has 31 heavy (non-hydrogen) atoms. The molecule has 0 radical (unpaired) electrons. The van der Waals surface area contributed by atoms with Crippen LogP contribution in [-0.2, 0) is 29.3 Å². The molecule has 0 bridgehead atoms. The van der Waals surface area contributed by atoms with Crippen molar-refractivity contribution in [3.05, 3.63) is 52.5 Å². The Morgan fingerprint density at radius 3 is 2.65 bits per heavy atom. The fourth-order valence-corrected chi connectivity index (χ4v) is 4.25. The third kappa shape index (κ3) is 2.78. The number of para-hydroxylation sites is 1. The van der Waals surface area contributed by atoms with E-state index in [1.807, 2.05) is 0 Å². The zero-order valence-electron chi connectivity index (χ0n) is 17.4. The number of nitrogens with one attached hydrogen (secondary N) is 1. The van der Waals surface area contributed by atoms with Gasteiger partial charge in [0.05, 0.1) is 18.8 Å². The van der Waals surface area contributed by atoms with Gasteiger partial charge < -0.3 is 24.8 Å². The first-order valence-corrected chi connectivity index (χ1v) is 9.85. The molecule has 0 aliphatic carbocycles. The second-order valence-electron chi connectivity index (χ2n) is 7.06. The Labute approximate surface area is 177 Å². The van der Waals surface area contributed by atoms with Gasteiger partial charge in [0.25, 0.3) is 0 Å². The Balaban J connectivity index is 2.04. The van der Waals surface area contributed by atoms with Crippen molar-refractivity contribution in [2.24, 2.45) is 5.73 Å². The molecule has 1 aromatic carbocycles. The lowest BCUT2D eigenvalue weighted by Gasteiger charge is -2.40. The molecule has 4 rings (SSSR count). The van der Waals surface area contributed by atoms with Crippen LogP contribution in [0.25, 0.3) is 0 Å². The number of carbonyl (C=O) groups is 3. The summed E-state index contributed by atoms with van der Waals surface area (Å²) in [6.45, 7) is 5.08. The molecule has 2 aliphatic rings. The number of aryl methyl sites for hydroxylation is 1. The van der Waals surface area contributed by atoms with Crippen LogP contribution in [0.4, 0.5) is 5.69 Å². The highest BCUT2D eigenvalue weighted by Crippen LogP contribution is 2.55. The Morgan fingerprint density at radius 2 is 1.94 bits per heavy atom. The number of hydrogen-bond donors (Lipinski definition) is 2. The molecular weight excluding hydrogens is 404 g/mol. The molecule has 0 saturated heterocycles. The second-order valence-corrected chi connectivity index (χ2v) is 7.06. The van der Waals surface area contributed by atoms with Crippen LogP contribution in [0.1, 0.15) is 30.7 Å². The van der Waals surface area contributed by atoms with Gasteiger partial charge in [-0.05, 0) is 26.8 Å². The standard InChI is InChI=1S/C21H22N4O6/c1-4-29-14(26)10-25-13-9-7-6-8-12(13)21(16(17(25)22)19(27)30-5-2)15-11(3)23-24-18(15)31-20(21)28/h6-9H,4-5,10,22H2,1-3H3,(H,23,24)/t21-/m1/s1. The van der Waals surface area contributed by atoms with Crippen molar-refractivity contribution < 1.29 is 28.6 Å². The third-order valence-corrected chi connectivity index (χ3v) is 5.38. The summed E-state index contributed by atoms with van der Waals surface area (Å²) < 4.78 is 15.8. The van der Waals surface area contributed by atoms with Gasteiger partial charge in [0.15, 0.2) is 5.41 Å². The van der Waals surface area contributed by atoms with Gasteiger partial charge in [0.1, 0.15) is 17.9 Å². The van der Waals surface area contributed by atoms with Gasteiger partial charge in [-0.15, -0.1) is 5.10 Å². The molecule has 10 nitrogen and oxygen atoms in total. The first kappa shape index (κ1) is 20.5. The van der Waals surface area contributed by atoms with Crippen molar-refractivity contribution in [1.82, 2.24) is 10.2 Å². The minimum absolute atomic E-state index is 0.0670. The highest BCUT2D eigenvalue weighted by atomic mass is 16.6. The van der Waals surface area contributed by atoms with Gasteiger partial charge in [0.2, 0.25) is 5.88 Å². The lowest BCUT2D eigenvalue weighted by molar-refractivity contribution is -0.144. The zero-order valence-corrected chi connectivity index (χ0v) is 17.4. The van der Waals surface area contributed by atoms with Crippen molar-refractivity contribution in [3.8, 4) is 5.88 Å². The van der Waals surface area contributed by atoms with Crippen LogP contribution in [0.5, 0.6) is 5.88 Å². The number of aromatic nitrogens is 2. The molecule has 1 atom stereocenters. The van der Waals surface area contributed by atoms with Gasteiger partial charge in [-0.3, -0.25) is 9.89 Å². The van der Waals surface area contributed by atoms with Crippen LogP contribution < -0.4 is 15.4 Å². The maximum absolute atomic E-state index is 13.4. The maximum Gasteiger partial charge on any atom is 0.339 e. The van der Waals surface area contributed by atoms with Crippen molar-refractivity contribution >= 4 is 23.6 Å². The summed E-state index contributed by atoms with van der Waals surface area (Å²) in [5.41, 5.74) is 6.52. The fourth-order valence-electron chi connectivity index (χ4n) is 4.25. The van der Waals surface area contributed by atoms with E-state index in [-0.39, 0.29) is 37.0 Å². The van der Waals surface area contributed by atoms with E-state index in [1.54, 1.807) is 45.0 Å². The monoisotopic (exact) mass is 426 g/mol. The molecule has 2 aliphatic heterocycles. The summed E-state index contributed by atoms with van der Waals surface area (Å²) in [5, 5.41) is 6.85. The first-order chi connectivity index (χ1) is 14.9. The van der Waals surface area contributed by atoms with E-state index in [2.05, 4.69) is 10.2 Å². The molecular formula is C21H22N4O6. The SMILES string of the molecule is CCOC(=O)CN1C(N)=C(C(=O)OCC)[C@@]2(C(=O)Oc3n[nH]c(C)c32)c2ccccc21. The first-order valence-electron chi connectivity index (χ1n) is 9.85. The number of anilines is 1. The molecule has 0 saturated carbocycles. The lowest BCUT2D eigenvalue weighted by Crippen LogP contribution is -2.50. The molecule has 3 N–H and O–H groups in total. The van der Waals surface area contributed by atoms with Crippen molar-refractivity contribution in [2.45, 2.75) is 26.2 Å². The Morgan fingerprint density at radius 1 is 1.23 bits per heavy atom. The van der Waals surface area contributed by atoms with Crippen molar-refractivity contribution in [1.29, 1.82) is 0 Å². The van der Waals surface area contributed by atoms with Gasteiger partial charge in [-0.1, -0.05) is 18.2 Å². The minimum Gasteiger partial charge on any atom is -0.465 e. The van der Waals surface area contributed by atoms with Crippen molar-refractivity contribution in [2.75, 3.05) is 24.7 Å². The van der Waals surface area contributed by atoms with Crippen LogP contribution in [-0.4, -0.2) is 47.9 Å². The molecule has 1 aromatic heterocycles. The molecule has 0 amide bonds. The van der Waals surface area contributed by atoms with E-state index in [0.29, 0.717) is 22.5 Å². The predicted octanol–water partition coefficient (Wildman–Crippen LogP) is 1.04. The predicted molar refractivity (Wildman–Crippen MR) is 108 cm³/mol. The summed E-state index contributed by atoms with van der Waals surface area (Å²) in [7, 11) is 0. The maximum atomic E-state index is 13.4. The molecule has 2 aromatic rings. The van der Waals surface area contributed by atoms with E-state index >= 15 is 0 Å². The van der Waals surface area contributed by atoms with E-state index in [4.69, 9.17) is 19.9 Å². The number of ether oxygens (including phenoxy) is 3. The molecule has 3 heterocycles. The Hall–Kier alpha value is -3.82. The second kappa shape index (κ2) is 7.46. The minimum atomic E-state index is -1.68. The summed E-state index contributed by atoms with van der Waals surface area (Å²) in [5.74, 6) is -2.04. The van der Waals surface area contributed by atoms with E-state index < -0.39 is 23.3 Å². The average molecular weight is 426 g/mol. The molecule has 0 unspecified atom stereocenters. The molecule has 0 fully saturated rings. The summed E-state index contributed by atoms with van der Waals surface area (Å²) in [4.78, 5) is 40.3. The number of aromatic amines is 1. The topological polar surface area (TPSA) is 137 Å². The number of carbonyl (C=O) groups excluding carboxylic acids is 3. The number of rotatable bonds is 5. The smallest absolute Gasteiger partial charge is 0.339 e. The van der Waals surface area contributed by atoms with E-state index in [9.17, 15) is 14.4 Å². The summed E-state index contributed by atoms with van der Waals surface area (Å²) in [6, 6.07) is 6.89. The fraction of sp³-hybridized carbons (Fsp3) is 0.333. The average Bonchev–Trinajstić information content (AvgIpc) is 3.23. The Kier molecular flexibility index (Phi) is 4.92. The zero-order chi connectivity index (χ0) is 22.3. The molecule has 10 heteroatoms. The third-order valence-electron chi connectivity index (χ3n) is 5.38. The Bertz CT molecular complexity index is 1120. The number of nitrogens with zero attached hydrogens (tertiary/aromatic N) is 2. The van der Waals surface area contributed by atoms with E-state index in [0.717, 1.165) is 0 Å². The number of nitrogens with two attached hydrogens (primary N) is 1. The number of hydrogen-bond acceptors (Lipinski definition) is 9. The van der Waals surface area contributed by atoms with Gasteiger partial charge >= 0.3 is 17.9 Å². The van der Waals surface area contributed by atoms with Crippen molar-refractivity contribution in [3.63, 3.8) is 0 Å². The van der Waals surface area contributed by atoms with Gasteiger partial charge in [-0.2, -0.15) is 0 Å². The highest BCUT2D eigenvalue weighted by Gasteiger charge is 2.62. The molecule has 162 valence electrons. The quantitative estimate of drug-likeness (QED) is 0.672. The largest absolute Gasteiger partial charge is 0.465 e. The van der Waals surface area contributed by atoms with Crippen LogP contribution in [0.2, 0.25) is 0 Å². The van der Waals surface area contributed by atoms with Crippen LogP contribution in [0.3, 0.4) is 0 Å². The number of H-pyrrole nitrogens is 1. The lowest BCUT2D eigenvalue weighted by atomic mass is 9.67. The normalized spacial score (nSPS) is 19.2. The summed E-state index contributed by atoms with van der Waals surface area (Å²) >= 11 is 0. The highest BCUT2D eigenvalue weighted by molar-refractivity contribution is 6.11. The molecule has 1 spiro atoms. The number of esters is 3. The van der Waals surface area contributed by atoms with Gasteiger partial charge in [0, 0.05) is 16.9 Å². The number of fused-ring (bicyclic) bond motifs is 4. The summed E-state index contributed by atoms with van der Waals surface area (Å²) in [6.07, 6.45) is 0. The van der Waals surface area contributed by atoms with Crippen LogP contribution in [0.15, 0.2) is 35.7 Å². The van der Waals surface area contributed by atoms with E-state index in [1.165, 1.54) is 4.90 Å². The van der Waals surface area contributed by atoms with Crippen LogP contribution >= 0.6 is 0 Å². The number of benzene rings is 1. The van der Waals surface area contributed by atoms with Gasteiger partial charge in [-0.25, -0.2) is 9.59 Å². The van der Waals surface area contributed by atoms with Crippen LogP contribution in [0, 0.1) is 6.92 Å².